The number of benzene rings is 1. The number of aliphatic hydroxyl groups excluding tert-OH is 1. The van der Waals surface area contributed by atoms with Gasteiger partial charge in [-0.15, -0.1) is 29.5 Å². The number of carbonyl (C=O) groups is 1. The standard InChI is InChI=1S/C20H13N2OS.C13H24O2.Ir/c1-11-10-24-20-13(11)8-9-17(22-20)16-5-3-4-14-15-7-6-12(2)21-19(15)23-18(14)16;1-5-10(6-2)12(14)9-13(15)11(7-3)8-4;/h3-4,6-10H,1-2H3;9-11,14H,5-8H2,1-4H3;/q-1;;/b;12-9-;. The fraction of sp³-hybridized carbons (Fsp3) is 0.364. The first-order valence-electron chi connectivity index (χ1n) is 13.8. The van der Waals surface area contributed by atoms with Crippen LogP contribution >= 0.6 is 11.3 Å². The number of hydrogen-bond donors (Lipinski definition) is 1. The van der Waals surface area contributed by atoms with Crippen LogP contribution in [0.2, 0.25) is 0 Å². The summed E-state index contributed by atoms with van der Waals surface area (Å²) in [7, 11) is 0. The number of hydrogen-bond acceptors (Lipinski definition) is 6. The maximum absolute atomic E-state index is 11.7. The number of aryl methyl sites for hydroxylation is 2. The van der Waals surface area contributed by atoms with Crippen LogP contribution in [0.1, 0.15) is 64.6 Å². The van der Waals surface area contributed by atoms with Crippen molar-refractivity contribution >= 4 is 49.4 Å². The molecule has 5 nitrogen and oxygen atoms in total. The largest absolute Gasteiger partial charge is 0.512 e. The second-order valence-corrected chi connectivity index (χ2v) is 10.8. The van der Waals surface area contributed by atoms with E-state index in [1.807, 2.05) is 58.9 Å². The summed E-state index contributed by atoms with van der Waals surface area (Å²) in [4.78, 5) is 22.1. The van der Waals surface area contributed by atoms with Gasteiger partial charge in [-0.3, -0.25) is 9.78 Å². The zero-order valence-corrected chi connectivity index (χ0v) is 27.2. The Balaban J connectivity index is 0.000000243. The molecule has 0 spiro atoms. The van der Waals surface area contributed by atoms with Gasteiger partial charge in [-0.1, -0.05) is 50.8 Å². The van der Waals surface area contributed by atoms with Crippen molar-refractivity contribution in [1.29, 1.82) is 0 Å². The third kappa shape index (κ3) is 6.71. The average Bonchev–Trinajstić information content (AvgIpc) is 3.49. The molecule has 1 aromatic carbocycles. The van der Waals surface area contributed by atoms with Crippen LogP contribution in [-0.2, 0) is 24.9 Å². The summed E-state index contributed by atoms with van der Waals surface area (Å²) < 4.78 is 6.06. The molecule has 0 saturated heterocycles. The van der Waals surface area contributed by atoms with E-state index in [-0.39, 0.29) is 43.5 Å². The van der Waals surface area contributed by atoms with Gasteiger partial charge in [-0.05, 0) is 68.3 Å². The van der Waals surface area contributed by atoms with Crippen LogP contribution in [0.25, 0.3) is 43.5 Å². The Morgan fingerprint density at radius 3 is 2.30 bits per heavy atom. The van der Waals surface area contributed by atoms with E-state index >= 15 is 0 Å². The minimum Gasteiger partial charge on any atom is -0.512 e. The van der Waals surface area contributed by atoms with Crippen molar-refractivity contribution in [2.75, 3.05) is 0 Å². The molecule has 0 fully saturated rings. The molecule has 7 heteroatoms. The molecule has 0 atom stereocenters. The number of furan rings is 1. The molecule has 0 saturated carbocycles. The van der Waals surface area contributed by atoms with Gasteiger partial charge in [0.15, 0.2) is 5.78 Å². The predicted molar refractivity (Wildman–Crippen MR) is 162 cm³/mol. The summed E-state index contributed by atoms with van der Waals surface area (Å²) in [5.41, 5.74) is 5.44. The third-order valence-electron chi connectivity index (χ3n) is 7.41. The maximum Gasteiger partial charge on any atom is 0.216 e. The van der Waals surface area contributed by atoms with E-state index < -0.39 is 0 Å². The Kier molecular flexibility index (Phi) is 11.2. The van der Waals surface area contributed by atoms with Crippen molar-refractivity contribution in [3.05, 3.63) is 70.9 Å². The van der Waals surface area contributed by atoms with Crippen molar-refractivity contribution in [3.8, 4) is 11.3 Å². The Morgan fingerprint density at radius 1 is 0.950 bits per heavy atom. The first-order valence-corrected chi connectivity index (χ1v) is 14.7. The molecule has 5 rings (SSSR count). The minimum absolute atomic E-state index is 0. The first-order chi connectivity index (χ1) is 18.8. The molecule has 0 aliphatic rings. The zero-order chi connectivity index (χ0) is 28.1. The molecule has 0 aliphatic heterocycles. The quantitative estimate of drug-likeness (QED) is 0.0977. The second kappa shape index (κ2) is 14.2. The van der Waals surface area contributed by atoms with Crippen LogP contribution < -0.4 is 0 Å². The predicted octanol–water partition coefficient (Wildman–Crippen LogP) is 9.54. The molecular formula is C33H37IrN2O3S-. The van der Waals surface area contributed by atoms with Gasteiger partial charge in [0.1, 0.15) is 4.83 Å². The van der Waals surface area contributed by atoms with Crippen molar-refractivity contribution in [3.63, 3.8) is 0 Å². The SMILES string of the molecule is CCC(CC)C(=O)/C=C(\O)C(CC)CC.Cc1ccc2c(n1)oc1c(-c3ccc4c(C)csc4n3)[c-]ccc12.[Ir]. The number of allylic oxidation sites excluding steroid dienone is 2. The smallest absolute Gasteiger partial charge is 0.216 e. The number of nitrogens with zero attached hydrogens (tertiary/aromatic N) is 2. The molecule has 0 unspecified atom stereocenters. The molecular weight excluding hydrogens is 697 g/mol. The number of carbonyl (C=O) groups excluding carboxylic acids is 1. The summed E-state index contributed by atoms with van der Waals surface area (Å²) in [6, 6.07) is 15.5. The molecule has 4 heterocycles. The normalized spacial score (nSPS) is 11.8. The maximum atomic E-state index is 11.7. The molecule has 1 N–H and O–H groups in total. The van der Waals surface area contributed by atoms with E-state index in [1.165, 1.54) is 17.0 Å². The average molecular weight is 734 g/mol. The van der Waals surface area contributed by atoms with Crippen LogP contribution in [0.15, 0.2) is 58.0 Å². The van der Waals surface area contributed by atoms with Gasteiger partial charge < -0.3 is 9.52 Å². The number of ketones is 1. The van der Waals surface area contributed by atoms with Gasteiger partial charge in [0, 0.05) is 54.5 Å². The molecule has 0 aliphatic carbocycles. The Labute approximate surface area is 254 Å². The number of thiophene rings is 1. The van der Waals surface area contributed by atoms with Gasteiger partial charge in [0.25, 0.3) is 0 Å². The van der Waals surface area contributed by atoms with Crippen LogP contribution in [0.5, 0.6) is 0 Å². The summed E-state index contributed by atoms with van der Waals surface area (Å²) in [6.45, 7) is 12.1. The minimum atomic E-state index is 0. The van der Waals surface area contributed by atoms with Gasteiger partial charge in [-0.2, -0.15) is 0 Å². The van der Waals surface area contributed by atoms with E-state index in [1.54, 1.807) is 11.3 Å². The number of fused-ring (bicyclic) bond motifs is 4. The molecule has 1 radical (unpaired) electrons. The first kappa shape index (κ1) is 31.7. The fourth-order valence-electron chi connectivity index (χ4n) is 4.86. The summed E-state index contributed by atoms with van der Waals surface area (Å²) in [5, 5.41) is 15.2. The Hall–Kier alpha value is -2.86. The number of aliphatic hydroxyl groups is 1. The van der Waals surface area contributed by atoms with E-state index in [2.05, 4.69) is 35.5 Å². The van der Waals surface area contributed by atoms with Gasteiger partial charge >= 0.3 is 0 Å². The molecule has 0 amide bonds. The summed E-state index contributed by atoms with van der Waals surface area (Å²) >= 11 is 1.67. The summed E-state index contributed by atoms with van der Waals surface area (Å²) in [5.74, 6) is 0.547. The molecule has 213 valence electrons. The van der Waals surface area contributed by atoms with E-state index in [4.69, 9.17) is 9.40 Å². The van der Waals surface area contributed by atoms with Crippen molar-refractivity contribution in [2.24, 2.45) is 11.8 Å². The van der Waals surface area contributed by atoms with E-state index in [9.17, 15) is 9.90 Å². The Morgan fingerprint density at radius 2 is 1.62 bits per heavy atom. The van der Waals surface area contributed by atoms with Crippen LogP contribution in [0, 0.1) is 31.7 Å². The van der Waals surface area contributed by atoms with Gasteiger partial charge in [-0.25, -0.2) is 4.98 Å². The van der Waals surface area contributed by atoms with Crippen LogP contribution in [-0.4, -0.2) is 20.9 Å². The topological polar surface area (TPSA) is 76.2 Å². The molecule has 4 aromatic heterocycles. The zero-order valence-electron chi connectivity index (χ0n) is 24.0. The van der Waals surface area contributed by atoms with E-state index in [0.717, 1.165) is 63.8 Å². The molecule has 40 heavy (non-hydrogen) atoms. The van der Waals surface area contributed by atoms with Crippen molar-refractivity contribution in [2.45, 2.75) is 67.2 Å². The second-order valence-electron chi connectivity index (χ2n) is 9.97. The Bertz CT molecular complexity index is 1630. The summed E-state index contributed by atoms with van der Waals surface area (Å²) in [6.07, 6.45) is 4.91. The third-order valence-corrected chi connectivity index (χ3v) is 8.41. The van der Waals surface area contributed by atoms with Gasteiger partial charge in [0.05, 0.1) is 11.3 Å². The van der Waals surface area contributed by atoms with Crippen LogP contribution in [0.3, 0.4) is 0 Å². The monoisotopic (exact) mass is 734 g/mol. The fourth-order valence-corrected chi connectivity index (χ4v) is 5.78. The van der Waals surface area contributed by atoms with E-state index in [0.29, 0.717) is 5.71 Å². The molecule has 0 bridgehead atoms. The van der Waals surface area contributed by atoms with Crippen molar-refractivity contribution < 1.29 is 34.4 Å². The number of aromatic nitrogens is 2. The number of pyridine rings is 2. The van der Waals surface area contributed by atoms with Crippen molar-refractivity contribution in [1.82, 2.24) is 9.97 Å². The number of rotatable bonds is 8. The van der Waals surface area contributed by atoms with Crippen LogP contribution in [0.4, 0.5) is 0 Å². The van der Waals surface area contributed by atoms with Gasteiger partial charge in [0.2, 0.25) is 5.71 Å². The molecule has 5 aromatic rings.